The second-order valence-electron chi connectivity index (χ2n) is 6.15. The number of urea groups is 1. The van der Waals surface area contributed by atoms with E-state index in [1.165, 1.54) is 11.7 Å². The number of aryl methyl sites for hydroxylation is 1. The Labute approximate surface area is 150 Å². The molecule has 2 heterocycles. The fourth-order valence-electron chi connectivity index (χ4n) is 2.90. The molecule has 2 aromatic rings. The third kappa shape index (κ3) is 4.11. The Morgan fingerprint density at radius 3 is 2.46 bits per heavy atom. The molecule has 9 nitrogen and oxygen atoms in total. The minimum atomic E-state index is -0.327. The van der Waals surface area contributed by atoms with Crippen LogP contribution in [0.15, 0.2) is 29.1 Å². The van der Waals surface area contributed by atoms with Gasteiger partial charge in [-0.1, -0.05) is 6.42 Å². The number of aromatic nitrogens is 3. The largest absolute Gasteiger partial charge is 0.346 e. The van der Waals surface area contributed by atoms with E-state index < -0.39 is 0 Å². The molecule has 1 aromatic heterocycles. The zero-order valence-electron chi connectivity index (χ0n) is 14.6. The lowest BCUT2D eigenvalue weighted by Crippen LogP contribution is -2.30. The molecule has 1 aliphatic heterocycles. The van der Waals surface area contributed by atoms with Crippen LogP contribution < -0.4 is 21.6 Å². The molecule has 1 aliphatic rings. The van der Waals surface area contributed by atoms with Crippen LogP contribution in [0.4, 0.5) is 16.2 Å². The van der Waals surface area contributed by atoms with Gasteiger partial charge in [0, 0.05) is 31.4 Å². The molecule has 0 fully saturated rings. The summed E-state index contributed by atoms with van der Waals surface area (Å²) in [6.45, 7) is 0.534. The zero-order chi connectivity index (χ0) is 18.5. The molecule has 0 radical (unpaired) electrons. The Bertz CT molecular complexity index is 852. The predicted octanol–water partition coefficient (Wildman–Crippen LogP) is 1.16. The van der Waals surface area contributed by atoms with E-state index in [1.54, 1.807) is 28.8 Å². The summed E-state index contributed by atoms with van der Waals surface area (Å²) in [5.41, 5.74) is 0.949. The number of nitrogens with one attached hydrogen (secondary N) is 3. The molecule has 0 spiro atoms. The maximum atomic E-state index is 12.4. The number of carbonyl (C=O) groups is 2. The smallest absolute Gasteiger partial charge is 0.341 e. The Morgan fingerprint density at radius 2 is 1.77 bits per heavy atom. The quantitative estimate of drug-likeness (QED) is 0.762. The van der Waals surface area contributed by atoms with E-state index in [9.17, 15) is 14.4 Å². The van der Waals surface area contributed by atoms with Crippen molar-refractivity contribution >= 4 is 23.3 Å². The molecular formula is C17H22N6O3. The van der Waals surface area contributed by atoms with Crippen molar-refractivity contribution in [1.82, 2.24) is 19.7 Å². The van der Waals surface area contributed by atoms with Crippen molar-refractivity contribution in [2.75, 3.05) is 17.7 Å². The van der Waals surface area contributed by atoms with E-state index >= 15 is 0 Å². The van der Waals surface area contributed by atoms with Gasteiger partial charge in [0.25, 0.3) is 0 Å². The van der Waals surface area contributed by atoms with E-state index in [0.717, 1.165) is 31.5 Å². The molecule has 0 saturated carbocycles. The predicted molar refractivity (Wildman–Crippen MR) is 97.2 cm³/mol. The highest BCUT2D eigenvalue weighted by atomic mass is 16.2. The highest BCUT2D eigenvalue weighted by molar-refractivity contribution is 5.92. The molecular weight excluding hydrogens is 336 g/mol. The molecule has 3 rings (SSSR count). The number of anilines is 2. The molecule has 0 unspecified atom stereocenters. The first-order chi connectivity index (χ1) is 12.6. The minimum Gasteiger partial charge on any atom is -0.341 e. The van der Waals surface area contributed by atoms with Gasteiger partial charge in [0.2, 0.25) is 5.91 Å². The Hall–Kier alpha value is -3.10. The van der Waals surface area contributed by atoms with Crippen LogP contribution in [0.25, 0.3) is 0 Å². The maximum Gasteiger partial charge on any atom is 0.346 e. The molecule has 3 amide bonds. The van der Waals surface area contributed by atoms with Crippen molar-refractivity contribution in [3.8, 4) is 0 Å². The SMILES string of the molecule is CNC(=O)Nc1ccc(NC(=O)Cn2nc3n(c2=O)CCCCC3)cc1. The van der Waals surface area contributed by atoms with Gasteiger partial charge >= 0.3 is 11.7 Å². The van der Waals surface area contributed by atoms with Gasteiger partial charge in [-0.05, 0) is 37.1 Å². The summed E-state index contributed by atoms with van der Waals surface area (Å²) in [6.07, 6.45) is 3.83. The molecule has 0 atom stereocenters. The number of fused-ring (bicyclic) bond motifs is 1. The van der Waals surface area contributed by atoms with Crippen LogP contribution >= 0.6 is 0 Å². The normalized spacial score (nSPS) is 13.4. The van der Waals surface area contributed by atoms with Crippen molar-refractivity contribution in [2.45, 2.75) is 38.8 Å². The monoisotopic (exact) mass is 358 g/mol. The van der Waals surface area contributed by atoms with Gasteiger partial charge in [-0.2, -0.15) is 5.10 Å². The number of amides is 3. The highest BCUT2D eigenvalue weighted by Gasteiger charge is 2.17. The highest BCUT2D eigenvalue weighted by Crippen LogP contribution is 2.14. The first-order valence-corrected chi connectivity index (χ1v) is 8.62. The third-order valence-electron chi connectivity index (χ3n) is 4.23. The number of benzene rings is 1. The van der Waals surface area contributed by atoms with Gasteiger partial charge < -0.3 is 16.0 Å². The van der Waals surface area contributed by atoms with Crippen LogP contribution in [0, 0.1) is 0 Å². The zero-order valence-corrected chi connectivity index (χ0v) is 14.6. The Kier molecular flexibility index (Phi) is 5.35. The van der Waals surface area contributed by atoms with Gasteiger partial charge in [0.05, 0.1) is 0 Å². The van der Waals surface area contributed by atoms with Crippen LogP contribution in [0.3, 0.4) is 0 Å². The second kappa shape index (κ2) is 7.85. The number of hydrogen-bond donors (Lipinski definition) is 3. The van der Waals surface area contributed by atoms with Crippen molar-refractivity contribution in [2.24, 2.45) is 0 Å². The molecule has 9 heteroatoms. The maximum absolute atomic E-state index is 12.4. The number of carbonyl (C=O) groups excluding carboxylic acids is 2. The summed E-state index contributed by atoms with van der Waals surface area (Å²) in [7, 11) is 1.53. The van der Waals surface area contributed by atoms with Crippen LogP contribution in [0.2, 0.25) is 0 Å². The molecule has 138 valence electrons. The van der Waals surface area contributed by atoms with Crippen molar-refractivity contribution < 1.29 is 9.59 Å². The van der Waals surface area contributed by atoms with Crippen molar-refractivity contribution in [3.05, 3.63) is 40.6 Å². The summed E-state index contributed by atoms with van der Waals surface area (Å²) >= 11 is 0. The lowest BCUT2D eigenvalue weighted by molar-refractivity contribution is -0.117. The Morgan fingerprint density at radius 1 is 1.08 bits per heavy atom. The van der Waals surface area contributed by atoms with Crippen molar-refractivity contribution in [3.63, 3.8) is 0 Å². The summed E-state index contributed by atoms with van der Waals surface area (Å²) in [6, 6.07) is 6.38. The van der Waals surface area contributed by atoms with Crippen LogP contribution in [0.1, 0.15) is 25.1 Å². The van der Waals surface area contributed by atoms with Crippen LogP contribution in [0.5, 0.6) is 0 Å². The molecule has 0 saturated heterocycles. The summed E-state index contributed by atoms with van der Waals surface area (Å²) in [5.74, 6) is 0.428. The topological polar surface area (TPSA) is 110 Å². The number of nitrogens with zero attached hydrogens (tertiary/aromatic N) is 3. The second-order valence-corrected chi connectivity index (χ2v) is 6.15. The third-order valence-corrected chi connectivity index (χ3v) is 4.23. The average Bonchev–Trinajstić information content (AvgIpc) is 2.79. The van der Waals surface area contributed by atoms with E-state index in [2.05, 4.69) is 21.0 Å². The van der Waals surface area contributed by atoms with Crippen LogP contribution in [-0.4, -0.2) is 33.3 Å². The van der Waals surface area contributed by atoms with E-state index in [0.29, 0.717) is 17.9 Å². The molecule has 0 aliphatic carbocycles. The fourth-order valence-corrected chi connectivity index (χ4v) is 2.90. The summed E-state index contributed by atoms with van der Waals surface area (Å²) < 4.78 is 2.89. The van der Waals surface area contributed by atoms with Crippen molar-refractivity contribution in [1.29, 1.82) is 0 Å². The lowest BCUT2D eigenvalue weighted by Gasteiger charge is -2.07. The number of rotatable bonds is 4. The van der Waals surface area contributed by atoms with Gasteiger partial charge in [0.1, 0.15) is 12.4 Å². The lowest BCUT2D eigenvalue weighted by atomic mass is 10.2. The van der Waals surface area contributed by atoms with Gasteiger partial charge in [-0.15, -0.1) is 0 Å². The Balaban J connectivity index is 1.62. The summed E-state index contributed by atoms with van der Waals surface area (Å²) in [5, 5.41) is 12.1. The van der Waals surface area contributed by atoms with Gasteiger partial charge in [0.15, 0.2) is 0 Å². The molecule has 1 aromatic carbocycles. The first-order valence-electron chi connectivity index (χ1n) is 8.62. The van der Waals surface area contributed by atoms with Gasteiger partial charge in [-0.3, -0.25) is 9.36 Å². The number of hydrogen-bond acceptors (Lipinski definition) is 4. The molecule has 3 N–H and O–H groups in total. The fraction of sp³-hybridized carbons (Fsp3) is 0.412. The molecule has 26 heavy (non-hydrogen) atoms. The first kappa shape index (κ1) is 17.7. The van der Waals surface area contributed by atoms with Crippen LogP contribution in [-0.2, 0) is 24.3 Å². The summed E-state index contributed by atoms with van der Waals surface area (Å²) in [4.78, 5) is 35.8. The van der Waals surface area contributed by atoms with E-state index in [-0.39, 0.29) is 24.2 Å². The van der Waals surface area contributed by atoms with E-state index in [1.807, 2.05) is 0 Å². The van der Waals surface area contributed by atoms with E-state index in [4.69, 9.17) is 0 Å². The van der Waals surface area contributed by atoms with Gasteiger partial charge in [-0.25, -0.2) is 14.3 Å². The standard InChI is InChI=1S/C17H22N6O3/c1-18-16(25)20-13-8-6-12(7-9-13)19-15(24)11-23-17(26)22-10-4-2-3-5-14(22)21-23/h6-9H,2-5,10-11H2,1H3,(H,19,24)(H2,18,20,25). The minimum absolute atomic E-state index is 0.128. The average molecular weight is 358 g/mol. The molecule has 0 bridgehead atoms.